The van der Waals surface area contributed by atoms with E-state index in [0.717, 1.165) is 24.3 Å². The summed E-state index contributed by atoms with van der Waals surface area (Å²) in [5.41, 5.74) is 4.07. The lowest BCUT2D eigenvalue weighted by atomic mass is 10.1. The first-order chi connectivity index (χ1) is 17.6. The first-order valence-corrected chi connectivity index (χ1v) is 11.7. The summed E-state index contributed by atoms with van der Waals surface area (Å²) in [4.78, 5) is 35.9. The van der Waals surface area contributed by atoms with E-state index in [1.165, 1.54) is 0 Å². The Balaban J connectivity index is 1.54. The van der Waals surface area contributed by atoms with E-state index in [1.807, 2.05) is 25.1 Å². The Morgan fingerprint density at radius 2 is 1.83 bits per heavy atom. The van der Waals surface area contributed by atoms with Gasteiger partial charge in [0.15, 0.2) is 0 Å². The molecule has 1 aromatic heterocycles. The van der Waals surface area contributed by atoms with Crippen LogP contribution < -0.4 is 20.9 Å². The largest absolute Gasteiger partial charge is 0.378 e. The molecule has 3 N–H and O–H groups in total. The molecule has 1 fully saturated rings. The minimum atomic E-state index is -0.309. The molecule has 0 saturated carbocycles. The lowest BCUT2D eigenvalue weighted by Crippen LogP contribution is -2.38. The van der Waals surface area contributed by atoms with Crippen LogP contribution in [0.1, 0.15) is 27.6 Å². The zero-order valence-electron chi connectivity index (χ0n) is 20.0. The molecular weight excluding hydrogens is 458 g/mol. The molecule has 10 nitrogen and oxygen atoms in total. The average Bonchev–Trinajstić information content (AvgIpc) is 2.92. The van der Waals surface area contributed by atoms with Gasteiger partial charge in [-0.3, -0.25) is 9.59 Å². The maximum absolute atomic E-state index is 12.8. The number of hydrogen-bond acceptors (Lipinski definition) is 8. The van der Waals surface area contributed by atoms with Crippen LogP contribution in [0.4, 0.5) is 17.3 Å². The Bertz CT molecular complexity index is 1270. The first-order valence-electron chi connectivity index (χ1n) is 11.7. The van der Waals surface area contributed by atoms with E-state index in [2.05, 4.69) is 30.8 Å². The lowest BCUT2D eigenvalue weighted by molar-refractivity contribution is 0.0948. The summed E-state index contributed by atoms with van der Waals surface area (Å²) in [5, 5.41) is 17.2. The van der Waals surface area contributed by atoms with Crippen LogP contribution >= 0.6 is 0 Å². The maximum atomic E-state index is 12.8. The summed E-state index contributed by atoms with van der Waals surface area (Å²) in [7, 11) is 0. The van der Waals surface area contributed by atoms with E-state index >= 15 is 0 Å². The number of carbonyl (C=O) groups excluding carboxylic acids is 2. The van der Waals surface area contributed by atoms with Crippen molar-refractivity contribution in [3.8, 4) is 17.3 Å². The SMILES string of the molecule is CCNC(=O)c1cc(Nc2nccc(-c3ccc(C(=O)NCC#N)cc3)n2)ccc1N1CCOCC1. The number of nitriles is 1. The van der Waals surface area contributed by atoms with Gasteiger partial charge in [-0.15, -0.1) is 0 Å². The predicted molar refractivity (Wildman–Crippen MR) is 136 cm³/mol. The third-order valence-electron chi connectivity index (χ3n) is 5.61. The van der Waals surface area contributed by atoms with Crippen LogP contribution in [0.25, 0.3) is 11.3 Å². The third kappa shape index (κ3) is 5.95. The van der Waals surface area contributed by atoms with Crippen LogP contribution in [0.5, 0.6) is 0 Å². The van der Waals surface area contributed by atoms with Crippen molar-refractivity contribution in [2.45, 2.75) is 6.92 Å². The minimum Gasteiger partial charge on any atom is -0.378 e. The van der Waals surface area contributed by atoms with Crippen molar-refractivity contribution in [2.24, 2.45) is 0 Å². The van der Waals surface area contributed by atoms with Crippen molar-refractivity contribution in [3.05, 3.63) is 65.9 Å². The van der Waals surface area contributed by atoms with Crippen LogP contribution in [0.2, 0.25) is 0 Å². The zero-order valence-corrected chi connectivity index (χ0v) is 20.0. The quantitative estimate of drug-likeness (QED) is 0.415. The number of amides is 2. The van der Waals surface area contributed by atoms with Gasteiger partial charge in [-0.1, -0.05) is 12.1 Å². The van der Waals surface area contributed by atoms with E-state index in [4.69, 9.17) is 10.00 Å². The maximum Gasteiger partial charge on any atom is 0.253 e. The van der Waals surface area contributed by atoms with Crippen LogP contribution in [0, 0.1) is 11.3 Å². The highest BCUT2D eigenvalue weighted by Crippen LogP contribution is 2.27. The number of ether oxygens (including phenoxy) is 1. The average molecular weight is 486 g/mol. The number of nitrogens with zero attached hydrogens (tertiary/aromatic N) is 4. The van der Waals surface area contributed by atoms with E-state index in [0.29, 0.717) is 48.2 Å². The molecule has 1 saturated heterocycles. The molecule has 3 aromatic rings. The number of nitrogens with one attached hydrogen (secondary N) is 3. The van der Waals surface area contributed by atoms with Crippen LogP contribution in [0.3, 0.4) is 0 Å². The third-order valence-corrected chi connectivity index (χ3v) is 5.61. The Morgan fingerprint density at radius 3 is 2.56 bits per heavy atom. The normalized spacial score (nSPS) is 12.9. The highest BCUT2D eigenvalue weighted by Gasteiger charge is 2.19. The number of morpholine rings is 1. The standard InChI is InChI=1S/C26H27N7O3/c1-2-28-25(35)21-17-20(7-8-23(21)33-13-15-36-16-14-33)31-26-30-11-9-22(32-26)18-3-5-19(6-4-18)24(34)29-12-10-27/h3-9,11,17H,2,12-16H2,1H3,(H,28,35)(H,29,34)(H,30,31,32). The molecule has 1 aliphatic rings. The van der Waals surface area contributed by atoms with Gasteiger partial charge < -0.3 is 25.6 Å². The molecule has 0 aliphatic carbocycles. The zero-order chi connectivity index (χ0) is 25.3. The molecule has 0 spiro atoms. The molecule has 0 atom stereocenters. The van der Waals surface area contributed by atoms with Crippen molar-refractivity contribution in [1.82, 2.24) is 20.6 Å². The molecule has 1 aliphatic heterocycles. The van der Waals surface area contributed by atoms with Crippen molar-refractivity contribution < 1.29 is 14.3 Å². The van der Waals surface area contributed by atoms with Crippen LogP contribution in [-0.4, -0.2) is 61.2 Å². The van der Waals surface area contributed by atoms with Gasteiger partial charge in [-0.05, 0) is 43.3 Å². The second kappa shape index (κ2) is 11.8. The van der Waals surface area contributed by atoms with Gasteiger partial charge >= 0.3 is 0 Å². The van der Waals surface area contributed by atoms with E-state index in [1.54, 1.807) is 42.6 Å². The van der Waals surface area contributed by atoms with Crippen molar-refractivity contribution in [1.29, 1.82) is 5.26 Å². The van der Waals surface area contributed by atoms with Crippen LogP contribution in [0.15, 0.2) is 54.7 Å². The summed E-state index contributed by atoms with van der Waals surface area (Å²) in [5.74, 6) is -0.0721. The van der Waals surface area contributed by atoms with E-state index in [9.17, 15) is 9.59 Å². The predicted octanol–water partition coefficient (Wildman–Crippen LogP) is 2.73. The van der Waals surface area contributed by atoms with E-state index in [-0.39, 0.29) is 18.4 Å². The topological polar surface area (TPSA) is 132 Å². The van der Waals surface area contributed by atoms with Gasteiger partial charge in [0.1, 0.15) is 6.54 Å². The Hall–Kier alpha value is -4.49. The number of aromatic nitrogens is 2. The molecular formula is C26H27N7O3. The number of anilines is 3. The van der Waals surface area contributed by atoms with Gasteiger partial charge in [0.25, 0.3) is 11.8 Å². The Morgan fingerprint density at radius 1 is 1.06 bits per heavy atom. The second-order valence-electron chi connectivity index (χ2n) is 8.00. The molecule has 2 heterocycles. The lowest BCUT2D eigenvalue weighted by Gasteiger charge is -2.30. The number of benzene rings is 2. The smallest absolute Gasteiger partial charge is 0.253 e. The summed E-state index contributed by atoms with van der Waals surface area (Å²) < 4.78 is 5.45. The monoisotopic (exact) mass is 485 g/mol. The highest BCUT2D eigenvalue weighted by atomic mass is 16.5. The highest BCUT2D eigenvalue weighted by molar-refractivity contribution is 6.01. The summed E-state index contributed by atoms with van der Waals surface area (Å²) in [6.45, 7) is 5.08. The van der Waals surface area contributed by atoms with Crippen molar-refractivity contribution in [2.75, 3.05) is 49.6 Å². The van der Waals surface area contributed by atoms with Gasteiger partial charge in [0, 0.05) is 48.3 Å². The fourth-order valence-electron chi connectivity index (χ4n) is 3.85. The van der Waals surface area contributed by atoms with Crippen molar-refractivity contribution in [3.63, 3.8) is 0 Å². The van der Waals surface area contributed by atoms with E-state index < -0.39 is 0 Å². The molecule has 184 valence electrons. The number of hydrogen-bond donors (Lipinski definition) is 3. The number of carbonyl (C=O) groups is 2. The molecule has 2 aromatic carbocycles. The van der Waals surface area contributed by atoms with Gasteiger partial charge in [-0.25, -0.2) is 9.97 Å². The summed E-state index contributed by atoms with van der Waals surface area (Å²) >= 11 is 0. The molecule has 4 rings (SSSR count). The molecule has 2 amide bonds. The Labute approximate surface area is 209 Å². The summed E-state index contributed by atoms with van der Waals surface area (Å²) in [6.07, 6.45) is 1.64. The molecule has 10 heteroatoms. The molecule has 0 unspecified atom stereocenters. The molecule has 0 bridgehead atoms. The summed E-state index contributed by atoms with van der Waals surface area (Å²) in [6, 6.07) is 16.2. The fraction of sp³-hybridized carbons (Fsp3) is 0.269. The molecule has 0 radical (unpaired) electrons. The minimum absolute atomic E-state index is 0.0449. The van der Waals surface area contributed by atoms with Gasteiger partial charge in [0.2, 0.25) is 5.95 Å². The van der Waals surface area contributed by atoms with Gasteiger partial charge in [0.05, 0.1) is 30.5 Å². The molecule has 36 heavy (non-hydrogen) atoms. The number of rotatable bonds is 8. The first kappa shape index (κ1) is 24.6. The fourth-order valence-corrected chi connectivity index (χ4v) is 3.85. The Kier molecular flexibility index (Phi) is 8.05. The second-order valence-corrected chi connectivity index (χ2v) is 8.00. The van der Waals surface area contributed by atoms with Crippen LogP contribution in [-0.2, 0) is 4.74 Å². The van der Waals surface area contributed by atoms with Crippen molar-refractivity contribution >= 4 is 29.1 Å². The van der Waals surface area contributed by atoms with Gasteiger partial charge in [-0.2, -0.15) is 5.26 Å².